The molecule has 0 bridgehead atoms. The summed E-state index contributed by atoms with van der Waals surface area (Å²) in [6.45, 7) is -0.121. The quantitative estimate of drug-likeness (QED) is 0.364. The second-order valence-electron chi connectivity index (χ2n) is 3.82. The van der Waals surface area contributed by atoms with Crippen LogP contribution in [0.5, 0.6) is 0 Å². The molecule has 0 aliphatic carbocycles. The molecule has 0 saturated carbocycles. The van der Waals surface area contributed by atoms with Crippen LogP contribution in [0.4, 0.5) is 0 Å². The first-order valence-electron chi connectivity index (χ1n) is 5.58. The van der Waals surface area contributed by atoms with Gasteiger partial charge in [0.1, 0.15) is 6.61 Å². The highest BCUT2D eigenvalue weighted by molar-refractivity contribution is 5.85. The molecule has 1 unspecified atom stereocenters. The van der Waals surface area contributed by atoms with Crippen LogP contribution >= 0.6 is 0 Å². The van der Waals surface area contributed by atoms with E-state index in [-0.39, 0.29) is 6.61 Å². The van der Waals surface area contributed by atoms with Crippen LogP contribution in [0.2, 0.25) is 0 Å². The first kappa shape index (κ1) is 15.5. The fraction of sp³-hybridized carbons (Fsp3) is 0.333. The van der Waals surface area contributed by atoms with Crippen LogP contribution < -0.4 is 0 Å². The Kier molecular flexibility index (Phi) is 5.52. The summed E-state index contributed by atoms with van der Waals surface area (Å²) in [7, 11) is 1.08. The van der Waals surface area contributed by atoms with E-state index >= 15 is 0 Å². The molecule has 0 aromatic heterocycles. The molecule has 0 saturated heterocycles. The SMILES string of the molecule is COC(=O)CC(O)(N=[N+]=[N-])C(=O)OCc1ccccc1. The number of ether oxygens (including phenoxy) is 2. The molecule has 1 aromatic rings. The monoisotopic (exact) mass is 279 g/mol. The van der Waals surface area contributed by atoms with Crippen LogP contribution in [0, 0.1) is 0 Å². The second-order valence-corrected chi connectivity index (χ2v) is 3.82. The smallest absolute Gasteiger partial charge is 0.345 e. The van der Waals surface area contributed by atoms with E-state index in [1.165, 1.54) is 0 Å². The third kappa shape index (κ3) is 4.27. The minimum absolute atomic E-state index is 0.121. The molecule has 1 N–H and O–H groups in total. The Bertz CT molecular complexity index is 527. The molecule has 8 heteroatoms. The standard InChI is InChI=1S/C12H13N3O5/c1-19-10(16)7-12(18,14-15-13)11(17)20-8-9-5-3-2-4-6-9/h2-6,18H,7-8H2,1H3. The first-order valence-corrected chi connectivity index (χ1v) is 5.58. The number of nitrogens with zero attached hydrogens (tertiary/aromatic N) is 3. The second kappa shape index (κ2) is 7.13. The van der Waals surface area contributed by atoms with Gasteiger partial charge in [0.2, 0.25) is 0 Å². The van der Waals surface area contributed by atoms with Crippen LogP contribution in [0.15, 0.2) is 35.4 Å². The van der Waals surface area contributed by atoms with E-state index in [9.17, 15) is 14.7 Å². The summed E-state index contributed by atoms with van der Waals surface area (Å²) < 4.78 is 9.14. The summed E-state index contributed by atoms with van der Waals surface area (Å²) in [4.78, 5) is 25.2. The fourth-order valence-corrected chi connectivity index (χ4v) is 1.33. The minimum atomic E-state index is -2.61. The van der Waals surface area contributed by atoms with E-state index in [4.69, 9.17) is 10.3 Å². The first-order chi connectivity index (χ1) is 9.51. The van der Waals surface area contributed by atoms with Crippen molar-refractivity contribution in [3.8, 4) is 0 Å². The number of carbonyl (C=O) groups is 2. The molecule has 0 amide bonds. The Hall–Kier alpha value is -2.57. The maximum Gasteiger partial charge on any atom is 0.345 e. The number of aliphatic hydroxyl groups is 1. The van der Waals surface area contributed by atoms with Crippen molar-refractivity contribution in [2.75, 3.05) is 7.11 Å². The number of hydrogen-bond donors (Lipinski definition) is 1. The molecule has 0 heterocycles. The minimum Gasteiger partial charge on any atom is -0.469 e. The molecule has 1 aromatic carbocycles. The molecule has 0 fully saturated rings. The molecule has 1 rings (SSSR count). The number of azide groups is 1. The van der Waals surface area contributed by atoms with Gasteiger partial charge in [-0.1, -0.05) is 30.3 Å². The lowest BCUT2D eigenvalue weighted by molar-refractivity contribution is -0.172. The normalized spacial score (nSPS) is 12.7. The summed E-state index contributed by atoms with van der Waals surface area (Å²) in [6.07, 6.45) is -0.818. The summed E-state index contributed by atoms with van der Waals surface area (Å²) in [5.74, 6) is -2.12. The number of rotatable bonds is 6. The zero-order chi connectivity index (χ0) is 15.0. The fourth-order valence-electron chi connectivity index (χ4n) is 1.33. The zero-order valence-corrected chi connectivity index (χ0v) is 10.7. The van der Waals surface area contributed by atoms with Crippen molar-refractivity contribution in [2.45, 2.75) is 18.8 Å². The van der Waals surface area contributed by atoms with Crippen molar-refractivity contribution >= 4 is 11.9 Å². The molecule has 0 aliphatic rings. The van der Waals surface area contributed by atoms with Gasteiger partial charge in [0.05, 0.1) is 13.5 Å². The van der Waals surface area contributed by atoms with Gasteiger partial charge in [-0.15, -0.1) is 0 Å². The number of hydrogen-bond acceptors (Lipinski definition) is 6. The van der Waals surface area contributed by atoms with E-state index in [0.717, 1.165) is 7.11 Å². The van der Waals surface area contributed by atoms with Gasteiger partial charge in [-0.25, -0.2) is 4.79 Å². The average Bonchev–Trinajstić information content (AvgIpc) is 2.45. The van der Waals surface area contributed by atoms with Gasteiger partial charge < -0.3 is 14.6 Å². The molecule has 0 radical (unpaired) electrons. The lowest BCUT2D eigenvalue weighted by atomic mass is 10.1. The van der Waals surface area contributed by atoms with Crippen molar-refractivity contribution in [1.29, 1.82) is 0 Å². The number of carbonyl (C=O) groups excluding carboxylic acids is 2. The Labute approximate surface area is 114 Å². The van der Waals surface area contributed by atoms with Gasteiger partial charge in [0.15, 0.2) is 0 Å². The van der Waals surface area contributed by atoms with Gasteiger partial charge in [0.25, 0.3) is 5.72 Å². The molecule has 106 valence electrons. The number of benzene rings is 1. The number of methoxy groups -OCH3 is 1. The molecular weight excluding hydrogens is 266 g/mol. The van der Waals surface area contributed by atoms with E-state index in [1.807, 2.05) is 0 Å². The largest absolute Gasteiger partial charge is 0.469 e. The molecular formula is C12H13N3O5. The van der Waals surface area contributed by atoms with Crippen LogP contribution in [0.3, 0.4) is 0 Å². The van der Waals surface area contributed by atoms with E-state index < -0.39 is 24.1 Å². The summed E-state index contributed by atoms with van der Waals surface area (Å²) in [5, 5.41) is 12.8. The highest BCUT2D eigenvalue weighted by Crippen LogP contribution is 2.17. The predicted molar refractivity (Wildman–Crippen MR) is 67.0 cm³/mol. The average molecular weight is 279 g/mol. The highest BCUT2D eigenvalue weighted by Gasteiger charge is 2.40. The maximum atomic E-state index is 11.7. The Morgan fingerprint density at radius 3 is 2.60 bits per heavy atom. The Morgan fingerprint density at radius 1 is 1.40 bits per heavy atom. The van der Waals surface area contributed by atoms with Crippen molar-refractivity contribution in [3.05, 3.63) is 46.3 Å². The zero-order valence-electron chi connectivity index (χ0n) is 10.7. The summed E-state index contributed by atoms with van der Waals surface area (Å²) in [6, 6.07) is 8.70. The van der Waals surface area contributed by atoms with Crippen LogP contribution in [0.1, 0.15) is 12.0 Å². The molecule has 1 atom stereocenters. The lowest BCUT2D eigenvalue weighted by Gasteiger charge is -2.19. The predicted octanol–water partition coefficient (Wildman–Crippen LogP) is 1.29. The van der Waals surface area contributed by atoms with Gasteiger partial charge in [-0.3, -0.25) is 4.79 Å². The molecule has 8 nitrogen and oxygen atoms in total. The lowest BCUT2D eigenvalue weighted by Crippen LogP contribution is -2.40. The third-order valence-electron chi connectivity index (χ3n) is 2.37. The van der Waals surface area contributed by atoms with Crippen LogP contribution in [-0.2, 0) is 25.7 Å². The number of esters is 2. The summed E-state index contributed by atoms with van der Waals surface area (Å²) >= 11 is 0. The van der Waals surface area contributed by atoms with E-state index in [2.05, 4.69) is 14.8 Å². The van der Waals surface area contributed by atoms with Gasteiger partial charge in [-0.05, 0) is 16.2 Å². The van der Waals surface area contributed by atoms with E-state index in [0.29, 0.717) is 5.56 Å². The molecule has 0 aliphatic heterocycles. The summed E-state index contributed by atoms with van der Waals surface area (Å²) in [5.41, 5.74) is 6.43. The van der Waals surface area contributed by atoms with Crippen LogP contribution in [0.25, 0.3) is 10.4 Å². The van der Waals surface area contributed by atoms with Gasteiger partial charge in [-0.2, -0.15) is 0 Å². The van der Waals surface area contributed by atoms with Crippen molar-refractivity contribution in [2.24, 2.45) is 5.11 Å². The Morgan fingerprint density at radius 2 is 2.05 bits per heavy atom. The van der Waals surface area contributed by atoms with Crippen LogP contribution in [-0.4, -0.2) is 29.9 Å². The van der Waals surface area contributed by atoms with E-state index in [1.54, 1.807) is 30.3 Å². The highest BCUT2D eigenvalue weighted by atomic mass is 16.6. The van der Waals surface area contributed by atoms with Crippen molar-refractivity contribution < 1.29 is 24.2 Å². The topological polar surface area (TPSA) is 122 Å². The van der Waals surface area contributed by atoms with Crippen molar-refractivity contribution in [3.63, 3.8) is 0 Å². The van der Waals surface area contributed by atoms with Gasteiger partial charge >= 0.3 is 11.9 Å². The maximum absolute atomic E-state index is 11.7. The Balaban J connectivity index is 2.74. The van der Waals surface area contributed by atoms with Crippen molar-refractivity contribution in [1.82, 2.24) is 0 Å². The molecule has 0 spiro atoms. The third-order valence-corrected chi connectivity index (χ3v) is 2.37. The van der Waals surface area contributed by atoms with Gasteiger partial charge in [0, 0.05) is 4.91 Å². The molecule has 20 heavy (non-hydrogen) atoms.